The van der Waals surface area contributed by atoms with E-state index in [1.54, 1.807) is 0 Å². The van der Waals surface area contributed by atoms with Gasteiger partial charge in [0.1, 0.15) is 12.7 Å². The highest BCUT2D eigenvalue weighted by Gasteiger charge is 2.53. The van der Waals surface area contributed by atoms with Crippen LogP contribution in [0.3, 0.4) is 0 Å². The van der Waals surface area contributed by atoms with Crippen molar-refractivity contribution in [3.63, 3.8) is 0 Å². The highest BCUT2D eigenvalue weighted by molar-refractivity contribution is 5.80. The van der Waals surface area contributed by atoms with E-state index < -0.39 is 11.5 Å². The Morgan fingerprint density at radius 1 is 1.45 bits per heavy atom. The number of esters is 1. The smallest absolute Gasteiger partial charge is 0.314 e. The van der Waals surface area contributed by atoms with Gasteiger partial charge in [-0.15, -0.1) is 0 Å². The Morgan fingerprint density at radius 2 is 2.09 bits per heavy atom. The summed E-state index contributed by atoms with van der Waals surface area (Å²) in [6.45, 7) is 0.207. The topological polar surface area (TPSA) is 46.5 Å². The van der Waals surface area contributed by atoms with Crippen LogP contribution in [0.25, 0.3) is 0 Å². The van der Waals surface area contributed by atoms with Gasteiger partial charge in [0, 0.05) is 0 Å². The first kappa shape index (κ1) is 7.10. The standard InChI is InChI=1S/C8H12O3/c9-6-5-11-7(10)8(6)3-1-2-4-8/h6,9H,1-5H2. The van der Waals surface area contributed by atoms with Crippen LogP contribution in [0.15, 0.2) is 0 Å². The number of aliphatic hydroxyl groups excluding tert-OH is 1. The lowest BCUT2D eigenvalue weighted by atomic mass is 9.83. The van der Waals surface area contributed by atoms with E-state index in [1.807, 2.05) is 0 Å². The molecule has 0 aromatic heterocycles. The van der Waals surface area contributed by atoms with Gasteiger partial charge in [-0.3, -0.25) is 4.79 Å². The van der Waals surface area contributed by atoms with Gasteiger partial charge in [0.05, 0.1) is 5.41 Å². The molecule has 1 heterocycles. The maximum atomic E-state index is 11.2. The van der Waals surface area contributed by atoms with Gasteiger partial charge in [-0.2, -0.15) is 0 Å². The highest BCUT2D eigenvalue weighted by atomic mass is 16.6. The van der Waals surface area contributed by atoms with Gasteiger partial charge in [-0.25, -0.2) is 0 Å². The highest BCUT2D eigenvalue weighted by Crippen LogP contribution is 2.45. The normalized spacial score (nSPS) is 34.6. The van der Waals surface area contributed by atoms with E-state index in [4.69, 9.17) is 4.74 Å². The zero-order valence-electron chi connectivity index (χ0n) is 6.38. The van der Waals surface area contributed by atoms with Crippen molar-refractivity contribution in [2.24, 2.45) is 5.41 Å². The zero-order valence-corrected chi connectivity index (χ0v) is 6.38. The van der Waals surface area contributed by atoms with Crippen molar-refractivity contribution in [2.45, 2.75) is 31.8 Å². The molecule has 1 unspecified atom stereocenters. The van der Waals surface area contributed by atoms with E-state index >= 15 is 0 Å². The average molecular weight is 156 g/mol. The van der Waals surface area contributed by atoms with Crippen LogP contribution in [0.1, 0.15) is 25.7 Å². The second-order valence-electron chi connectivity index (χ2n) is 3.48. The Morgan fingerprint density at radius 3 is 2.55 bits per heavy atom. The molecule has 62 valence electrons. The Bertz CT molecular complexity index is 182. The van der Waals surface area contributed by atoms with Crippen LogP contribution in [-0.2, 0) is 9.53 Å². The van der Waals surface area contributed by atoms with Crippen LogP contribution in [0.5, 0.6) is 0 Å². The average Bonchev–Trinajstić information content (AvgIpc) is 2.56. The van der Waals surface area contributed by atoms with Crippen molar-refractivity contribution in [3.05, 3.63) is 0 Å². The Kier molecular flexibility index (Phi) is 1.42. The van der Waals surface area contributed by atoms with Crippen LogP contribution in [-0.4, -0.2) is 23.8 Å². The minimum atomic E-state index is -0.544. The van der Waals surface area contributed by atoms with Crippen molar-refractivity contribution in [1.82, 2.24) is 0 Å². The van der Waals surface area contributed by atoms with E-state index in [2.05, 4.69) is 0 Å². The number of aliphatic hydroxyl groups is 1. The lowest BCUT2D eigenvalue weighted by molar-refractivity contribution is -0.146. The monoisotopic (exact) mass is 156 g/mol. The van der Waals surface area contributed by atoms with Crippen LogP contribution in [0.2, 0.25) is 0 Å². The predicted molar refractivity (Wildman–Crippen MR) is 37.9 cm³/mol. The maximum Gasteiger partial charge on any atom is 0.314 e. The van der Waals surface area contributed by atoms with E-state index in [0.717, 1.165) is 25.7 Å². The van der Waals surface area contributed by atoms with Crippen molar-refractivity contribution in [2.75, 3.05) is 6.61 Å². The van der Waals surface area contributed by atoms with Crippen LogP contribution in [0, 0.1) is 5.41 Å². The quantitative estimate of drug-likeness (QED) is 0.518. The third-order valence-electron chi connectivity index (χ3n) is 2.91. The molecule has 3 nitrogen and oxygen atoms in total. The molecule has 0 radical (unpaired) electrons. The van der Waals surface area contributed by atoms with Gasteiger partial charge in [-0.05, 0) is 12.8 Å². The van der Waals surface area contributed by atoms with Gasteiger partial charge in [0.2, 0.25) is 0 Å². The lowest BCUT2D eigenvalue weighted by Crippen LogP contribution is -2.33. The number of carbonyl (C=O) groups excluding carboxylic acids is 1. The number of cyclic esters (lactones) is 1. The Labute approximate surface area is 65.4 Å². The van der Waals surface area contributed by atoms with Gasteiger partial charge < -0.3 is 9.84 Å². The molecule has 11 heavy (non-hydrogen) atoms. The molecule has 1 aliphatic carbocycles. The minimum Gasteiger partial charge on any atom is -0.462 e. The third-order valence-corrected chi connectivity index (χ3v) is 2.91. The first-order valence-corrected chi connectivity index (χ1v) is 4.11. The fourth-order valence-electron chi connectivity index (χ4n) is 2.14. The van der Waals surface area contributed by atoms with E-state index in [0.29, 0.717) is 0 Å². The second kappa shape index (κ2) is 2.21. The number of ether oxygens (including phenoxy) is 1. The van der Waals surface area contributed by atoms with Gasteiger partial charge in [-0.1, -0.05) is 12.8 Å². The van der Waals surface area contributed by atoms with Gasteiger partial charge in [0.25, 0.3) is 0 Å². The van der Waals surface area contributed by atoms with Crippen LogP contribution >= 0.6 is 0 Å². The molecule has 0 bridgehead atoms. The summed E-state index contributed by atoms with van der Waals surface area (Å²) in [7, 11) is 0. The number of hydrogen-bond acceptors (Lipinski definition) is 3. The molecule has 1 spiro atoms. The molecule has 0 aromatic rings. The molecule has 0 aromatic carbocycles. The molecule has 3 heteroatoms. The van der Waals surface area contributed by atoms with Crippen LogP contribution < -0.4 is 0 Å². The first-order valence-electron chi connectivity index (χ1n) is 4.11. The number of hydrogen-bond donors (Lipinski definition) is 1. The number of rotatable bonds is 0. The predicted octanol–water partition coefficient (Wildman–Crippen LogP) is 0.464. The molecule has 2 rings (SSSR count). The molecule has 0 amide bonds. The first-order chi connectivity index (χ1) is 5.26. The van der Waals surface area contributed by atoms with Crippen molar-refractivity contribution < 1.29 is 14.6 Å². The van der Waals surface area contributed by atoms with Crippen molar-refractivity contribution in [1.29, 1.82) is 0 Å². The molecule has 2 fully saturated rings. The summed E-state index contributed by atoms with van der Waals surface area (Å²) in [5.74, 6) is -0.178. The lowest BCUT2D eigenvalue weighted by Gasteiger charge is -2.20. The summed E-state index contributed by atoms with van der Waals surface area (Å²) in [5, 5.41) is 9.50. The molecule has 1 N–H and O–H groups in total. The minimum absolute atomic E-state index is 0.178. The fraction of sp³-hybridized carbons (Fsp3) is 0.875. The number of carbonyl (C=O) groups is 1. The van der Waals surface area contributed by atoms with E-state index in [1.165, 1.54) is 0 Å². The third kappa shape index (κ3) is 0.805. The molecular weight excluding hydrogens is 144 g/mol. The van der Waals surface area contributed by atoms with Crippen molar-refractivity contribution in [3.8, 4) is 0 Å². The molecule has 1 atom stereocenters. The summed E-state index contributed by atoms with van der Waals surface area (Å²) >= 11 is 0. The van der Waals surface area contributed by atoms with E-state index in [-0.39, 0.29) is 12.6 Å². The van der Waals surface area contributed by atoms with Gasteiger partial charge >= 0.3 is 5.97 Å². The molecule has 1 saturated carbocycles. The van der Waals surface area contributed by atoms with Crippen LogP contribution in [0.4, 0.5) is 0 Å². The second-order valence-corrected chi connectivity index (χ2v) is 3.48. The summed E-state index contributed by atoms with van der Waals surface area (Å²) in [6.07, 6.45) is 3.18. The molecule has 1 saturated heterocycles. The maximum absolute atomic E-state index is 11.2. The summed E-state index contributed by atoms with van der Waals surface area (Å²) < 4.78 is 4.81. The molecule has 2 aliphatic rings. The molecule has 1 aliphatic heterocycles. The Balaban J connectivity index is 2.26. The summed E-state index contributed by atoms with van der Waals surface area (Å²) in [6, 6.07) is 0. The largest absolute Gasteiger partial charge is 0.462 e. The molecular formula is C8H12O3. The van der Waals surface area contributed by atoms with Gasteiger partial charge in [0.15, 0.2) is 0 Å². The summed E-state index contributed by atoms with van der Waals surface area (Å²) in [4.78, 5) is 11.2. The van der Waals surface area contributed by atoms with E-state index in [9.17, 15) is 9.90 Å². The Hall–Kier alpha value is -0.570. The summed E-state index contributed by atoms with van der Waals surface area (Å²) in [5.41, 5.74) is -0.500. The van der Waals surface area contributed by atoms with Crippen molar-refractivity contribution >= 4 is 5.97 Å². The SMILES string of the molecule is O=C1OCC(O)C12CCCC2. The fourth-order valence-corrected chi connectivity index (χ4v) is 2.14. The zero-order chi connectivity index (χ0) is 7.90.